The van der Waals surface area contributed by atoms with Crippen LogP contribution in [-0.4, -0.2) is 0 Å². The van der Waals surface area contributed by atoms with E-state index in [1.165, 1.54) is 23.8 Å². The van der Waals surface area contributed by atoms with Gasteiger partial charge in [-0.2, -0.15) is 0 Å². The monoisotopic (exact) mass is 268 g/mol. The summed E-state index contributed by atoms with van der Waals surface area (Å²) < 4.78 is 11.3. The summed E-state index contributed by atoms with van der Waals surface area (Å²) in [5, 5.41) is 2.23. The van der Waals surface area contributed by atoms with Crippen molar-refractivity contribution < 1.29 is 8.83 Å². The summed E-state index contributed by atoms with van der Waals surface area (Å²) >= 11 is 0. The van der Waals surface area contributed by atoms with E-state index in [1.54, 1.807) is 6.07 Å². The Bertz CT molecular complexity index is 867. The van der Waals surface area contributed by atoms with E-state index in [0.717, 1.165) is 41.6 Å². The highest BCUT2D eigenvalue weighted by molar-refractivity contribution is 5.96. The van der Waals surface area contributed by atoms with Crippen molar-refractivity contribution in [3.63, 3.8) is 0 Å². The van der Waals surface area contributed by atoms with Crippen LogP contribution in [0.4, 0.5) is 0 Å². The van der Waals surface area contributed by atoms with Gasteiger partial charge < -0.3 is 8.83 Å². The van der Waals surface area contributed by atoms with Gasteiger partial charge in [0.25, 0.3) is 0 Å². The topological polar surface area (TPSA) is 43.4 Å². The number of furan rings is 1. The predicted molar refractivity (Wildman–Crippen MR) is 78.3 cm³/mol. The van der Waals surface area contributed by atoms with Crippen molar-refractivity contribution in [3.05, 3.63) is 45.5 Å². The molecule has 102 valence electrons. The fourth-order valence-electron chi connectivity index (χ4n) is 3.28. The van der Waals surface area contributed by atoms with Crippen LogP contribution in [0.25, 0.3) is 21.9 Å². The normalized spacial score (nSPS) is 14.8. The lowest BCUT2D eigenvalue weighted by Crippen LogP contribution is -2.00. The van der Waals surface area contributed by atoms with Gasteiger partial charge in [0.15, 0.2) is 0 Å². The summed E-state index contributed by atoms with van der Waals surface area (Å²) in [5.74, 6) is 1.11. The van der Waals surface area contributed by atoms with Crippen molar-refractivity contribution in [2.45, 2.75) is 39.0 Å². The Kier molecular flexibility index (Phi) is 2.49. The lowest BCUT2D eigenvalue weighted by Gasteiger charge is -2.08. The van der Waals surface area contributed by atoms with Gasteiger partial charge in [-0.05, 0) is 37.3 Å². The molecule has 0 atom stereocenters. The lowest BCUT2D eigenvalue weighted by atomic mass is 9.95. The standard InChI is InChI=1S/C17H16O3/c1-2-10-7-17(18)20-15-9-16-13(8-12(10)15)11-5-3-4-6-14(11)19-16/h7-9H,2-6H2,1H3. The van der Waals surface area contributed by atoms with Crippen LogP contribution in [0.1, 0.15) is 36.7 Å². The summed E-state index contributed by atoms with van der Waals surface area (Å²) in [6.07, 6.45) is 5.36. The first kappa shape index (κ1) is 11.8. The minimum absolute atomic E-state index is 0.287. The van der Waals surface area contributed by atoms with E-state index in [2.05, 4.69) is 13.0 Å². The molecule has 3 nitrogen and oxygen atoms in total. The van der Waals surface area contributed by atoms with Gasteiger partial charge >= 0.3 is 5.63 Å². The molecule has 0 amide bonds. The fourth-order valence-corrected chi connectivity index (χ4v) is 3.28. The molecule has 0 saturated carbocycles. The molecule has 0 bridgehead atoms. The van der Waals surface area contributed by atoms with Crippen LogP contribution in [-0.2, 0) is 19.3 Å². The minimum atomic E-state index is -0.287. The van der Waals surface area contributed by atoms with Gasteiger partial charge in [-0.3, -0.25) is 0 Å². The van der Waals surface area contributed by atoms with Crippen LogP contribution < -0.4 is 5.63 Å². The molecule has 3 aromatic rings. The molecule has 0 fully saturated rings. The number of hydrogen-bond donors (Lipinski definition) is 0. The highest BCUT2D eigenvalue weighted by atomic mass is 16.4. The van der Waals surface area contributed by atoms with E-state index in [1.807, 2.05) is 6.07 Å². The molecular weight excluding hydrogens is 252 g/mol. The molecular formula is C17H16O3. The van der Waals surface area contributed by atoms with Crippen LogP contribution in [0.5, 0.6) is 0 Å². The van der Waals surface area contributed by atoms with Gasteiger partial charge in [-0.1, -0.05) is 6.92 Å². The second-order valence-electron chi connectivity index (χ2n) is 5.50. The summed E-state index contributed by atoms with van der Waals surface area (Å²) in [6, 6.07) is 5.62. The summed E-state index contributed by atoms with van der Waals surface area (Å²) in [7, 11) is 0. The maximum Gasteiger partial charge on any atom is 0.336 e. The number of fused-ring (bicyclic) bond motifs is 4. The minimum Gasteiger partial charge on any atom is -0.461 e. The summed E-state index contributed by atoms with van der Waals surface area (Å²) in [5.41, 5.74) is 3.59. The van der Waals surface area contributed by atoms with Gasteiger partial charge in [-0.15, -0.1) is 0 Å². The van der Waals surface area contributed by atoms with Crippen molar-refractivity contribution in [2.24, 2.45) is 0 Å². The molecule has 3 heteroatoms. The smallest absolute Gasteiger partial charge is 0.336 e. The maximum atomic E-state index is 11.6. The Hall–Kier alpha value is -2.03. The van der Waals surface area contributed by atoms with E-state index in [4.69, 9.17) is 8.83 Å². The molecule has 2 aromatic heterocycles. The van der Waals surface area contributed by atoms with Crippen molar-refractivity contribution in [3.8, 4) is 0 Å². The molecule has 0 radical (unpaired) electrons. The van der Waals surface area contributed by atoms with Gasteiger partial charge in [0.2, 0.25) is 0 Å². The van der Waals surface area contributed by atoms with Crippen molar-refractivity contribution in [1.82, 2.24) is 0 Å². The third kappa shape index (κ3) is 1.62. The number of hydrogen-bond acceptors (Lipinski definition) is 3. The van der Waals surface area contributed by atoms with Crippen molar-refractivity contribution in [1.29, 1.82) is 0 Å². The van der Waals surface area contributed by atoms with E-state index in [-0.39, 0.29) is 5.63 Å². The zero-order valence-corrected chi connectivity index (χ0v) is 11.5. The lowest BCUT2D eigenvalue weighted by molar-refractivity contribution is 0.505. The van der Waals surface area contributed by atoms with Crippen LogP contribution in [0.3, 0.4) is 0 Å². The van der Waals surface area contributed by atoms with Gasteiger partial charge in [0.1, 0.15) is 16.9 Å². The van der Waals surface area contributed by atoms with Gasteiger partial charge in [-0.25, -0.2) is 4.79 Å². The number of rotatable bonds is 1. The van der Waals surface area contributed by atoms with E-state index >= 15 is 0 Å². The molecule has 1 aliphatic rings. The van der Waals surface area contributed by atoms with Crippen molar-refractivity contribution >= 4 is 21.9 Å². The quantitative estimate of drug-likeness (QED) is 0.627. The third-order valence-corrected chi connectivity index (χ3v) is 4.29. The Labute approximate surface area is 116 Å². The average Bonchev–Trinajstić information content (AvgIpc) is 2.81. The largest absolute Gasteiger partial charge is 0.461 e. The molecule has 4 rings (SSSR count). The molecule has 0 saturated heterocycles. The van der Waals surface area contributed by atoms with Crippen LogP contribution in [0.15, 0.2) is 31.8 Å². The molecule has 0 unspecified atom stereocenters. The van der Waals surface area contributed by atoms with Crippen molar-refractivity contribution in [2.75, 3.05) is 0 Å². The molecule has 2 heterocycles. The first-order chi connectivity index (χ1) is 9.76. The first-order valence-corrected chi connectivity index (χ1v) is 7.27. The average molecular weight is 268 g/mol. The van der Waals surface area contributed by atoms with Crippen LogP contribution in [0.2, 0.25) is 0 Å². The first-order valence-electron chi connectivity index (χ1n) is 7.27. The molecule has 0 aliphatic heterocycles. The molecule has 1 aromatic carbocycles. The zero-order valence-electron chi connectivity index (χ0n) is 11.5. The SMILES string of the molecule is CCc1cc(=O)oc2cc3oc4c(c3cc12)CCCC4. The Morgan fingerprint density at radius 1 is 1.00 bits per heavy atom. The Balaban J connectivity index is 2.12. The predicted octanol–water partition coefficient (Wildman–Crippen LogP) is 3.98. The summed E-state index contributed by atoms with van der Waals surface area (Å²) in [4.78, 5) is 11.6. The fraction of sp³-hybridized carbons (Fsp3) is 0.353. The number of benzene rings is 1. The van der Waals surface area contributed by atoms with E-state index in [0.29, 0.717) is 5.58 Å². The highest BCUT2D eigenvalue weighted by Gasteiger charge is 2.19. The van der Waals surface area contributed by atoms with Crippen LogP contribution >= 0.6 is 0 Å². The number of aryl methyl sites for hydroxylation is 3. The maximum absolute atomic E-state index is 11.6. The Morgan fingerprint density at radius 3 is 2.65 bits per heavy atom. The summed E-state index contributed by atoms with van der Waals surface area (Å²) in [6.45, 7) is 2.06. The van der Waals surface area contributed by atoms with Gasteiger partial charge in [0, 0.05) is 34.9 Å². The Morgan fingerprint density at radius 2 is 1.80 bits per heavy atom. The molecule has 0 N–H and O–H groups in total. The molecule has 1 aliphatic carbocycles. The molecule has 0 spiro atoms. The second kappa shape index (κ2) is 4.23. The molecule has 20 heavy (non-hydrogen) atoms. The highest BCUT2D eigenvalue weighted by Crippen LogP contribution is 2.34. The third-order valence-electron chi connectivity index (χ3n) is 4.29. The van der Waals surface area contributed by atoms with Gasteiger partial charge in [0.05, 0.1) is 0 Å². The van der Waals surface area contributed by atoms with Crippen LogP contribution in [0, 0.1) is 0 Å². The van der Waals surface area contributed by atoms with E-state index < -0.39 is 0 Å². The van der Waals surface area contributed by atoms with E-state index in [9.17, 15) is 4.79 Å². The zero-order chi connectivity index (χ0) is 13.7. The second-order valence-corrected chi connectivity index (χ2v) is 5.50.